The van der Waals surface area contributed by atoms with Crippen molar-refractivity contribution in [3.8, 4) is 0 Å². The van der Waals surface area contributed by atoms with E-state index < -0.39 is 0 Å². The molecule has 0 fully saturated rings. The standard InChI is InChI=1S/C16H13Br2N3O/c1-9-7-12(18)8-21-14(10(2)19-15(9)21)16(22)20-13-5-3-11(17)4-6-13/h3-8H,1-2H3,(H,20,22). The number of pyridine rings is 1. The first kappa shape index (κ1) is 15.2. The van der Waals surface area contributed by atoms with Gasteiger partial charge in [-0.2, -0.15) is 0 Å². The number of hydrogen-bond acceptors (Lipinski definition) is 2. The normalized spacial score (nSPS) is 10.9. The number of halogens is 2. The average molecular weight is 423 g/mol. The molecule has 0 aliphatic heterocycles. The number of aryl methyl sites for hydroxylation is 2. The third-order valence-corrected chi connectivity index (χ3v) is 4.32. The second kappa shape index (κ2) is 5.85. The number of benzene rings is 1. The Morgan fingerprint density at radius 2 is 1.82 bits per heavy atom. The molecule has 2 aromatic heterocycles. The highest BCUT2D eigenvalue weighted by Gasteiger charge is 2.18. The summed E-state index contributed by atoms with van der Waals surface area (Å²) in [5.41, 5.74) is 3.80. The first-order valence-electron chi connectivity index (χ1n) is 6.67. The largest absolute Gasteiger partial charge is 0.321 e. The van der Waals surface area contributed by atoms with Crippen LogP contribution < -0.4 is 5.32 Å². The lowest BCUT2D eigenvalue weighted by Gasteiger charge is -2.07. The molecule has 22 heavy (non-hydrogen) atoms. The summed E-state index contributed by atoms with van der Waals surface area (Å²) < 4.78 is 3.70. The number of nitrogens with one attached hydrogen (secondary N) is 1. The average Bonchev–Trinajstić information content (AvgIpc) is 2.78. The molecule has 1 amide bonds. The Morgan fingerprint density at radius 3 is 2.50 bits per heavy atom. The Hall–Kier alpha value is -1.66. The molecule has 0 bridgehead atoms. The number of amides is 1. The van der Waals surface area contributed by atoms with Crippen molar-refractivity contribution < 1.29 is 4.79 Å². The molecule has 0 radical (unpaired) electrons. The van der Waals surface area contributed by atoms with Gasteiger partial charge in [0.25, 0.3) is 5.91 Å². The molecular weight excluding hydrogens is 410 g/mol. The van der Waals surface area contributed by atoms with Crippen molar-refractivity contribution in [2.24, 2.45) is 0 Å². The molecule has 1 aromatic carbocycles. The first-order valence-corrected chi connectivity index (χ1v) is 8.26. The molecule has 0 spiro atoms. The molecule has 0 aliphatic rings. The van der Waals surface area contributed by atoms with E-state index in [4.69, 9.17) is 0 Å². The van der Waals surface area contributed by atoms with Gasteiger partial charge in [-0.25, -0.2) is 4.98 Å². The van der Waals surface area contributed by atoms with Crippen LogP contribution in [0, 0.1) is 13.8 Å². The summed E-state index contributed by atoms with van der Waals surface area (Å²) in [7, 11) is 0. The fourth-order valence-electron chi connectivity index (χ4n) is 2.38. The number of carbonyl (C=O) groups excluding carboxylic acids is 1. The van der Waals surface area contributed by atoms with Crippen molar-refractivity contribution >= 4 is 49.1 Å². The van der Waals surface area contributed by atoms with E-state index in [1.54, 1.807) is 0 Å². The molecule has 2 heterocycles. The number of nitrogens with zero attached hydrogens (tertiary/aromatic N) is 2. The lowest BCUT2D eigenvalue weighted by Crippen LogP contribution is -2.15. The van der Waals surface area contributed by atoms with Crippen LogP contribution in [0.3, 0.4) is 0 Å². The van der Waals surface area contributed by atoms with Crippen molar-refractivity contribution in [2.75, 3.05) is 5.32 Å². The van der Waals surface area contributed by atoms with Gasteiger partial charge in [-0.15, -0.1) is 0 Å². The maximum atomic E-state index is 12.6. The maximum Gasteiger partial charge on any atom is 0.274 e. The number of hydrogen-bond donors (Lipinski definition) is 1. The second-order valence-electron chi connectivity index (χ2n) is 5.04. The van der Waals surface area contributed by atoms with Crippen LogP contribution >= 0.6 is 31.9 Å². The molecule has 0 saturated heterocycles. The molecule has 6 heteroatoms. The van der Waals surface area contributed by atoms with E-state index in [9.17, 15) is 4.79 Å². The number of imidazole rings is 1. The first-order chi connectivity index (χ1) is 10.5. The van der Waals surface area contributed by atoms with Crippen molar-refractivity contribution in [1.82, 2.24) is 9.38 Å². The van der Waals surface area contributed by atoms with Gasteiger partial charge in [-0.05, 0) is 65.7 Å². The van der Waals surface area contributed by atoms with Crippen molar-refractivity contribution in [1.29, 1.82) is 0 Å². The highest BCUT2D eigenvalue weighted by Crippen LogP contribution is 2.22. The predicted octanol–water partition coefficient (Wildman–Crippen LogP) is 4.73. The third-order valence-electron chi connectivity index (χ3n) is 3.36. The molecule has 0 atom stereocenters. The zero-order valence-corrected chi connectivity index (χ0v) is 15.2. The molecule has 3 rings (SSSR count). The monoisotopic (exact) mass is 421 g/mol. The van der Waals surface area contributed by atoms with Crippen LogP contribution in [-0.4, -0.2) is 15.3 Å². The third kappa shape index (κ3) is 2.80. The molecule has 0 saturated carbocycles. The van der Waals surface area contributed by atoms with E-state index in [1.165, 1.54) is 0 Å². The van der Waals surface area contributed by atoms with Crippen LogP contribution in [0.25, 0.3) is 5.65 Å². The summed E-state index contributed by atoms with van der Waals surface area (Å²) >= 11 is 6.84. The Morgan fingerprint density at radius 1 is 1.14 bits per heavy atom. The summed E-state index contributed by atoms with van der Waals surface area (Å²) in [4.78, 5) is 17.1. The van der Waals surface area contributed by atoms with Gasteiger partial charge in [-0.1, -0.05) is 15.9 Å². The minimum Gasteiger partial charge on any atom is -0.321 e. The lowest BCUT2D eigenvalue weighted by atomic mass is 10.2. The number of rotatable bonds is 2. The topological polar surface area (TPSA) is 46.4 Å². The van der Waals surface area contributed by atoms with E-state index >= 15 is 0 Å². The van der Waals surface area contributed by atoms with Gasteiger partial charge in [0.15, 0.2) is 0 Å². The highest BCUT2D eigenvalue weighted by molar-refractivity contribution is 9.10. The molecule has 0 unspecified atom stereocenters. The predicted molar refractivity (Wildman–Crippen MR) is 94.5 cm³/mol. The van der Waals surface area contributed by atoms with Gasteiger partial charge in [0.05, 0.1) is 5.69 Å². The van der Waals surface area contributed by atoms with E-state index in [0.717, 1.165) is 25.8 Å². The minimum absolute atomic E-state index is 0.176. The van der Waals surface area contributed by atoms with Gasteiger partial charge in [0.2, 0.25) is 0 Å². The Labute approximate surface area is 144 Å². The fourth-order valence-corrected chi connectivity index (χ4v) is 3.19. The van der Waals surface area contributed by atoms with Crippen LogP contribution in [0.5, 0.6) is 0 Å². The molecule has 0 aliphatic carbocycles. The summed E-state index contributed by atoms with van der Waals surface area (Å²) in [5.74, 6) is -0.176. The van der Waals surface area contributed by atoms with Crippen molar-refractivity contribution in [2.45, 2.75) is 13.8 Å². The molecule has 4 nitrogen and oxygen atoms in total. The summed E-state index contributed by atoms with van der Waals surface area (Å²) in [5, 5.41) is 2.91. The van der Waals surface area contributed by atoms with Crippen LogP contribution in [0.2, 0.25) is 0 Å². The van der Waals surface area contributed by atoms with Crippen molar-refractivity contribution in [3.05, 3.63) is 62.4 Å². The van der Waals surface area contributed by atoms with E-state index in [0.29, 0.717) is 11.4 Å². The number of carbonyl (C=O) groups is 1. The minimum atomic E-state index is -0.176. The SMILES string of the molecule is Cc1nc2c(C)cc(Br)cn2c1C(=O)Nc1ccc(Br)cc1. The van der Waals surface area contributed by atoms with Crippen LogP contribution in [0.15, 0.2) is 45.5 Å². The maximum absolute atomic E-state index is 12.6. The number of aromatic nitrogens is 2. The lowest BCUT2D eigenvalue weighted by molar-refractivity contribution is 0.102. The van der Waals surface area contributed by atoms with Crippen LogP contribution in [-0.2, 0) is 0 Å². The molecular formula is C16H13Br2N3O. The van der Waals surface area contributed by atoms with Gasteiger partial charge in [0.1, 0.15) is 11.3 Å². The van der Waals surface area contributed by atoms with Crippen molar-refractivity contribution in [3.63, 3.8) is 0 Å². The highest BCUT2D eigenvalue weighted by atomic mass is 79.9. The number of fused-ring (bicyclic) bond motifs is 1. The Kier molecular flexibility index (Phi) is 4.06. The molecule has 3 aromatic rings. The smallest absolute Gasteiger partial charge is 0.274 e. The summed E-state index contributed by atoms with van der Waals surface area (Å²) in [6.07, 6.45) is 1.86. The molecule has 112 valence electrons. The Bertz CT molecular complexity index is 869. The zero-order valence-electron chi connectivity index (χ0n) is 12.0. The molecule has 1 N–H and O–H groups in total. The number of anilines is 1. The fraction of sp³-hybridized carbons (Fsp3) is 0.125. The van der Waals surface area contributed by atoms with Gasteiger partial charge >= 0.3 is 0 Å². The quantitative estimate of drug-likeness (QED) is 0.648. The van der Waals surface area contributed by atoms with Crippen LogP contribution in [0.4, 0.5) is 5.69 Å². The summed E-state index contributed by atoms with van der Waals surface area (Å²) in [6.45, 7) is 3.82. The van der Waals surface area contributed by atoms with Gasteiger partial charge in [-0.3, -0.25) is 9.20 Å². The van der Waals surface area contributed by atoms with E-state index in [-0.39, 0.29) is 5.91 Å². The zero-order chi connectivity index (χ0) is 15.9. The van der Waals surface area contributed by atoms with Gasteiger partial charge < -0.3 is 5.32 Å². The second-order valence-corrected chi connectivity index (χ2v) is 6.87. The van der Waals surface area contributed by atoms with Gasteiger partial charge in [0, 0.05) is 20.8 Å². The Balaban J connectivity index is 2.03. The summed E-state index contributed by atoms with van der Waals surface area (Å²) in [6, 6.07) is 9.46. The van der Waals surface area contributed by atoms with E-state index in [1.807, 2.05) is 54.8 Å². The van der Waals surface area contributed by atoms with E-state index in [2.05, 4.69) is 42.2 Å². The van der Waals surface area contributed by atoms with Crippen LogP contribution in [0.1, 0.15) is 21.7 Å².